The molecule has 0 amide bonds. The molecule has 1 heterocycles. The van der Waals surface area contributed by atoms with Crippen LogP contribution in [-0.2, 0) is 14.3 Å². The fourth-order valence-electron chi connectivity index (χ4n) is 1.32. The standard InChI is InChI=1S/C9H15ClO3/c1-3-4-5-6-7-9(10,13-7)8(11)12-2/h7H,3-6H2,1-2H3. The van der Waals surface area contributed by atoms with Crippen LogP contribution in [0.3, 0.4) is 0 Å². The predicted molar refractivity (Wildman–Crippen MR) is 49.6 cm³/mol. The summed E-state index contributed by atoms with van der Waals surface area (Å²) >= 11 is 5.84. The Hall–Kier alpha value is -0.280. The van der Waals surface area contributed by atoms with Crippen LogP contribution in [0.25, 0.3) is 0 Å². The van der Waals surface area contributed by atoms with Gasteiger partial charge >= 0.3 is 5.97 Å². The molecule has 0 aliphatic carbocycles. The molecule has 0 saturated carbocycles. The summed E-state index contributed by atoms with van der Waals surface area (Å²) in [6, 6.07) is 0. The highest BCUT2D eigenvalue weighted by Crippen LogP contribution is 2.44. The fourth-order valence-corrected chi connectivity index (χ4v) is 1.61. The number of carbonyl (C=O) groups is 1. The van der Waals surface area contributed by atoms with Crippen LogP contribution in [0, 0.1) is 0 Å². The summed E-state index contributed by atoms with van der Waals surface area (Å²) < 4.78 is 9.61. The van der Waals surface area contributed by atoms with Crippen molar-refractivity contribution in [3.63, 3.8) is 0 Å². The maximum Gasteiger partial charge on any atom is 0.356 e. The van der Waals surface area contributed by atoms with Gasteiger partial charge < -0.3 is 9.47 Å². The second kappa shape index (κ2) is 4.29. The highest BCUT2D eigenvalue weighted by Gasteiger charge is 2.62. The zero-order valence-corrected chi connectivity index (χ0v) is 8.76. The molecule has 0 aromatic carbocycles. The Morgan fingerprint density at radius 1 is 1.62 bits per heavy atom. The summed E-state index contributed by atoms with van der Waals surface area (Å²) in [6.07, 6.45) is 4.04. The first-order valence-electron chi connectivity index (χ1n) is 4.60. The van der Waals surface area contributed by atoms with Gasteiger partial charge in [0.25, 0.3) is 5.06 Å². The van der Waals surface area contributed by atoms with E-state index in [2.05, 4.69) is 11.7 Å². The van der Waals surface area contributed by atoms with Crippen molar-refractivity contribution >= 4 is 17.6 Å². The third-order valence-corrected chi connectivity index (χ3v) is 2.69. The number of ether oxygens (including phenoxy) is 2. The number of halogens is 1. The summed E-state index contributed by atoms with van der Waals surface area (Å²) in [6.45, 7) is 2.13. The van der Waals surface area contributed by atoms with E-state index in [9.17, 15) is 4.79 Å². The first-order valence-corrected chi connectivity index (χ1v) is 4.98. The molecule has 0 radical (unpaired) electrons. The van der Waals surface area contributed by atoms with Gasteiger partial charge in [-0.2, -0.15) is 0 Å². The molecule has 1 fully saturated rings. The maximum absolute atomic E-state index is 11.1. The molecule has 13 heavy (non-hydrogen) atoms. The number of methoxy groups -OCH3 is 1. The number of esters is 1. The van der Waals surface area contributed by atoms with Crippen molar-refractivity contribution in [3.8, 4) is 0 Å². The Bertz CT molecular complexity index is 195. The third-order valence-electron chi connectivity index (χ3n) is 2.20. The van der Waals surface area contributed by atoms with Crippen molar-refractivity contribution in [3.05, 3.63) is 0 Å². The number of epoxide rings is 1. The molecule has 1 aliphatic rings. The van der Waals surface area contributed by atoms with E-state index in [0.717, 1.165) is 25.7 Å². The SMILES string of the molecule is CCCCCC1OC1(Cl)C(=O)OC. The summed E-state index contributed by atoms with van der Waals surface area (Å²) in [5.74, 6) is -0.476. The lowest BCUT2D eigenvalue weighted by Crippen LogP contribution is -2.22. The Morgan fingerprint density at radius 2 is 2.31 bits per heavy atom. The molecule has 1 aliphatic heterocycles. The highest BCUT2D eigenvalue weighted by molar-refractivity contribution is 6.35. The van der Waals surface area contributed by atoms with E-state index in [0.29, 0.717) is 0 Å². The van der Waals surface area contributed by atoms with Gasteiger partial charge in [-0.3, -0.25) is 0 Å². The van der Waals surface area contributed by atoms with Crippen molar-refractivity contribution in [2.45, 2.75) is 43.8 Å². The average molecular weight is 207 g/mol. The minimum atomic E-state index is -1.16. The van der Waals surface area contributed by atoms with Crippen LogP contribution in [0.1, 0.15) is 32.6 Å². The van der Waals surface area contributed by atoms with Crippen LogP contribution < -0.4 is 0 Å². The Kier molecular flexibility index (Phi) is 3.56. The number of alkyl halides is 1. The van der Waals surface area contributed by atoms with Crippen LogP contribution in [0.15, 0.2) is 0 Å². The normalized spacial score (nSPS) is 31.5. The van der Waals surface area contributed by atoms with Gasteiger partial charge in [-0.15, -0.1) is 0 Å². The van der Waals surface area contributed by atoms with Crippen LogP contribution in [0.4, 0.5) is 0 Å². The number of hydrogen-bond acceptors (Lipinski definition) is 3. The van der Waals surface area contributed by atoms with E-state index in [-0.39, 0.29) is 6.10 Å². The van der Waals surface area contributed by atoms with Crippen molar-refractivity contribution in [2.24, 2.45) is 0 Å². The van der Waals surface area contributed by atoms with Crippen molar-refractivity contribution < 1.29 is 14.3 Å². The van der Waals surface area contributed by atoms with Gasteiger partial charge in [0.1, 0.15) is 6.10 Å². The molecule has 0 bridgehead atoms. The lowest BCUT2D eigenvalue weighted by Gasteiger charge is -2.00. The van der Waals surface area contributed by atoms with Crippen molar-refractivity contribution in [2.75, 3.05) is 7.11 Å². The van der Waals surface area contributed by atoms with Crippen LogP contribution in [0.5, 0.6) is 0 Å². The van der Waals surface area contributed by atoms with E-state index in [4.69, 9.17) is 16.3 Å². The third kappa shape index (κ3) is 2.35. The molecule has 3 nitrogen and oxygen atoms in total. The summed E-state index contributed by atoms with van der Waals surface area (Å²) in [7, 11) is 1.32. The van der Waals surface area contributed by atoms with Crippen LogP contribution in [-0.4, -0.2) is 24.2 Å². The zero-order valence-electron chi connectivity index (χ0n) is 8.01. The number of hydrogen-bond donors (Lipinski definition) is 0. The molecule has 0 aromatic rings. The van der Waals surface area contributed by atoms with Crippen molar-refractivity contribution in [1.82, 2.24) is 0 Å². The van der Waals surface area contributed by atoms with Gasteiger partial charge in [-0.25, -0.2) is 4.79 Å². The minimum absolute atomic E-state index is 0.145. The lowest BCUT2D eigenvalue weighted by atomic mass is 10.1. The van der Waals surface area contributed by atoms with E-state index in [1.807, 2.05) is 0 Å². The smallest absolute Gasteiger partial charge is 0.356 e. The molecule has 2 unspecified atom stereocenters. The largest absolute Gasteiger partial charge is 0.466 e. The molecule has 1 saturated heterocycles. The molecule has 0 aromatic heterocycles. The Morgan fingerprint density at radius 3 is 2.85 bits per heavy atom. The van der Waals surface area contributed by atoms with Gasteiger partial charge in [0, 0.05) is 0 Å². The lowest BCUT2D eigenvalue weighted by molar-refractivity contribution is -0.143. The van der Waals surface area contributed by atoms with Gasteiger partial charge in [0.05, 0.1) is 7.11 Å². The first kappa shape index (κ1) is 10.8. The van der Waals surface area contributed by atoms with E-state index in [1.54, 1.807) is 0 Å². The molecule has 4 heteroatoms. The van der Waals surface area contributed by atoms with E-state index in [1.165, 1.54) is 7.11 Å². The van der Waals surface area contributed by atoms with Gasteiger partial charge in [0.15, 0.2) is 0 Å². The number of unbranched alkanes of at least 4 members (excludes halogenated alkanes) is 2. The molecular weight excluding hydrogens is 192 g/mol. The Labute approximate surface area is 83.3 Å². The number of rotatable bonds is 5. The van der Waals surface area contributed by atoms with E-state index >= 15 is 0 Å². The molecular formula is C9H15ClO3. The fraction of sp³-hybridized carbons (Fsp3) is 0.889. The first-order chi connectivity index (χ1) is 6.15. The topological polar surface area (TPSA) is 38.8 Å². The second-order valence-corrected chi connectivity index (χ2v) is 3.80. The Balaban J connectivity index is 2.23. The summed E-state index contributed by atoms with van der Waals surface area (Å²) in [5, 5.41) is -1.16. The highest BCUT2D eigenvalue weighted by atomic mass is 35.5. The van der Waals surface area contributed by atoms with Gasteiger partial charge in [0.2, 0.25) is 0 Å². The molecule has 76 valence electrons. The van der Waals surface area contributed by atoms with E-state index < -0.39 is 11.0 Å². The quantitative estimate of drug-likeness (QED) is 0.299. The minimum Gasteiger partial charge on any atom is -0.466 e. The summed E-state index contributed by atoms with van der Waals surface area (Å²) in [5.41, 5.74) is 0. The second-order valence-electron chi connectivity index (χ2n) is 3.24. The average Bonchev–Trinajstić information content (AvgIpc) is 2.78. The summed E-state index contributed by atoms with van der Waals surface area (Å²) in [4.78, 5) is 11.1. The monoisotopic (exact) mass is 206 g/mol. The van der Waals surface area contributed by atoms with Crippen LogP contribution in [0.2, 0.25) is 0 Å². The zero-order chi connectivity index (χ0) is 9.90. The predicted octanol–water partition coefficient (Wildman–Crippen LogP) is 2.07. The molecule has 0 N–H and O–H groups in total. The molecule has 2 atom stereocenters. The molecule has 0 spiro atoms. The van der Waals surface area contributed by atoms with Gasteiger partial charge in [-0.1, -0.05) is 37.8 Å². The molecule has 1 rings (SSSR count). The number of carbonyl (C=O) groups excluding carboxylic acids is 1. The van der Waals surface area contributed by atoms with Crippen molar-refractivity contribution in [1.29, 1.82) is 0 Å². The van der Waals surface area contributed by atoms with Gasteiger partial charge in [-0.05, 0) is 6.42 Å². The van der Waals surface area contributed by atoms with Crippen LogP contribution >= 0.6 is 11.6 Å². The maximum atomic E-state index is 11.1.